The fourth-order valence-corrected chi connectivity index (χ4v) is 1.75. The Morgan fingerprint density at radius 3 is 2.24 bits per heavy atom. The van der Waals surface area contributed by atoms with E-state index in [-0.39, 0.29) is 17.4 Å². The summed E-state index contributed by atoms with van der Waals surface area (Å²) in [7, 11) is 0. The van der Waals surface area contributed by atoms with E-state index in [0.29, 0.717) is 6.42 Å². The predicted octanol–water partition coefficient (Wildman–Crippen LogP) is 1.53. The van der Waals surface area contributed by atoms with Gasteiger partial charge in [-0.05, 0) is 18.8 Å². The lowest BCUT2D eigenvalue weighted by Crippen LogP contribution is -2.62. The molecule has 2 unspecified atom stereocenters. The molecular weight excluding hydrogens is 220 g/mol. The van der Waals surface area contributed by atoms with Gasteiger partial charge in [0.05, 0.1) is 0 Å². The number of barbiturate groups is 1. The zero-order valence-electron chi connectivity index (χ0n) is 11.0. The number of hydrogen-bond donors (Lipinski definition) is 1. The molecule has 5 nitrogen and oxygen atoms in total. The van der Waals surface area contributed by atoms with Crippen LogP contribution in [0.3, 0.4) is 0 Å². The first-order chi connectivity index (χ1) is 7.70. The summed E-state index contributed by atoms with van der Waals surface area (Å²) < 4.78 is 0. The third-order valence-electron chi connectivity index (χ3n) is 3.35. The summed E-state index contributed by atoms with van der Waals surface area (Å²) in [5.41, 5.74) is -0.217. The van der Waals surface area contributed by atoms with Crippen LogP contribution in [0.5, 0.6) is 0 Å². The van der Waals surface area contributed by atoms with Gasteiger partial charge in [0.25, 0.3) is 0 Å². The molecule has 1 rings (SSSR count). The number of carbonyl (C=O) groups is 3. The molecule has 0 aliphatic carbocycles. The second kappa shape index (κ2) is 4.47. The number of nitrogens with zero attached hydrogens (tertiary/aromatic N) is 1. The highest BCUT2D eigenvalue weighted by Gasteiger charge is 2.44. The van der Waals surface area contributed by atoms with Crippen LogP contribution in [0.1, 0.15) is 41.0 Å². The van der Waals surface area contributed by atoms with E-state index in [1.54, 1.807) is 6.92 Å². The van der Waals surface area contributed by atoms with Gasteiger partial charge in [-0.25, -0.2) is 4.79 Å². The highest BCUT2D eigenvalue weighted by Crippen LogP contribution is 2.27. The summed E-state index contributed by atoms with van der Waals surface area (Å²) >= 11 is 0. The van der Waals surface area contributed by atoms with Crippen molar-refractivity contribution in [3.63, 3.8) is 0 Å². The molecular formula is C12H20N2O3. The standard InChI is InChI=1S/C12H20N2O3/c1-6-8-9(15)13-11(17)14(10(8)16)7(2)12(3,4)5/h7-8H,6H2,1-5H3,(H,13,15,17). The molecule has 5 heteroatoms. The lowest BCUT2D eigenvalue weighted by Gasteiger charge is -2.39. The average Bonchev–Trinajstić information content (AvgIpc) is 2.15. The van der Waals surface area contributed by atoms with E-state index in [1.165, 1.54) is 4.90 Å². The molecule has 0 aromatic heterocycles. The maximum atomic E-state index is 12.1. The summed E-state index contributed by atoms with van der Waals surface area (Å²) in [6.45, 7) is 9.44. The molecule has 0 saturated carbocycles. The number of amides is 4. The van der Waals surface area contributed by atoms with Crippen molar-refractivity contribution in [3.05, 3.63) is 0 Å². The van der Waals surface area contributed by atoms with Crippen LogP contribution in [0.15, 0.2) is 0 Å². The second-order valence-electron chi connectivity index (χ2n) is 5.51. The monoisotopic (exact) mass is 240 g/mol. The Kier molecular flexibility index (Phi) is 3.59. The third-order valence-corrected chi connectivity index (χ3v) is 3.35. The van der Waals surface area contributed by atoms with E-state index in [0.717, 1.165) is 0 Å². The lowest BCUT2D eigenvalue weighted by molar-refractivity contribution is -0.145. The Labute approximate surface area is 102 Å². The number of carbonyl (C=O) groups excluding carboxylic acids is 3. The van der Waals surface area contributed by atoms with Gasteiger partial charge in [-0.15, -0.1) is 0 Å². The van der Waals surface area contributed by atoms with Gasteiger partial charge in [-0.1, -0.05) is 27.7 Å². The fraction of sp³-hybridized carbons (Fsp3) is 0.750. The van der Waals surface area contributed by atoms with Gasteiger partial charge in [0.15, 0.2) is 0 Å². The van der Waals surface area contributed by atoms with Crippen LogP contribution in [0, 0.1) is 11.3 Å². The predicted molar refractivity (Wildman–Crippen MR) is 63.1 cm³/mol. The molecule has 1 saturated heterocycles. The fourth-order valence-electron chi connectivity index (χ4n) is 1.75. The molecule has 96 valence electrons. The minimum Gasteiger partial charge on any atom is -0.277 e. The van der Waals surface area contributed by atoms with Crippen molar-refractivity contribution in [3.8, 4) is 0 Å². The molecule has 2 atom stereocenters. The van der Waals surface area contributed by atoms with Gasteiger partial charge in [0, 0.05) is 6.04 Å². The Bertz CT molecular complexity index is 357. The van der Waals surface area contributed by atoms with E-state index >= 15 is 0 Å². The molecule has 0 aromatic carbocycles. The summed E-state index contributed by atoms with van der Waals surface area (Å²) in [6.07, 6.45) is 0.408. The van der Waals surface area contributed by atoms with Gasteiger partial charge in [-0.2, -0.15) is 0 Å². The average molecular weight is 240 g/mol. The lowest BCUT2D eigenvalue weighted by atomic mass is 9.85. The SMILES string of the molecule is CCC1C(=O)NC(=O)N(C(C)C(C)(C)C)C1=O. The smallest absolute Gasteiger partial charge is 0.277 e. The van der Waals surface area contributed by atoms with Crippen LogP contribution in [-0.2, 0) is 9.59 Å². The van der Waals surface area contributed by atoms with Crippen molar-refractivity contribution in [1.82, 2.24) is 10.2 Å². The maximum Gasteiger partial charge on any atom is 0.331 e. The zero-order valence-corrected chi connectivity index (χ0v) is 11.0. The Morgan fingerprint density at radius 1 is 1.29 bits per heavy atom. The minimum atomic E-state index is -0.738. The van der Waals surface area contributed by atoms with Crippen molar-refractivity contribution >= 4 is 17.8 Å². The second-order valence-corrected chi connectivity index (χ2v) is 5.51. The quantitative estimate of drug-likeness (QED) is 0.744. The van der Waals surface area contributed by atoms with Gasteiger partial charge in [0.1, 0.15) is 5.92 Å². The first-order valence-corrected chi connectivity index (χ1v) is 5.88. The van der Waals surface area contributed by atoms with Crippen LogP contribution < -0.4 is 5.32 Å². The summed E-state index contributed by atoms with van der Waals surface area (Å²) in [5.74, 6) is -1.61. The van der Waals surface area contributed by atoms with Crippen LogP contribution in [0.2, 0.25) is 0 Å². The molecule has 1 aliphatic heterocycles. The van der Waals surface area contributed by atoms with E-state index in [2.05, 4.69) is 5.32 Å². The molecule has 1 aliphatic rings. The molecule has 0 spiro atoms. The van der Waals surface area contributed by atoms with Gasteiger partial charge < -0.3 is 0 Å². The highest BCUT2D eigenvalue weighted by molar-refractivity contribution is 6.16. The van der Waals surface area contributed by atoms with Crippen molar-refractivity contribution in [1.29, 1.82) is 0 Å². The highest BCUT2D eigenvalue weighted by atomic mass is 16.2. The van der Waals surface area contributed by atoms with Crippen molar-refractivity contribution in [2.75, 3.05) is 0 Å². The largest absolute Gasteiger partial charge is 0.331 e. The zero-order chi connectivity index (χ0) is 13.4. The molecule has 17 heavy (non-hydrogen) atoms. The van der Waals surface area contributed by atoms with E-state index < -0.39 is 17.9 Å². The van der Waals surface area contributed by atoms with Crippen molar-refractivity contribution in [2.45, 2.75) is 47.1 Å². The van der Waals surface area contributed by atoms with Gasteiger partial charge in [-0.3, -0.25) is 19.8 Å². The summed E-state index contributed by atoms with van der Waals surface area (Å²) in [6, 6.07) is -0.857. The third kappa shape index (κ3) is 2.48. The van der Waals surface area contributed by atoms with Crippen LogP contribution in [-0.4, -0.2) is 28.8 Å². The first-order valence-electron chi connectivity index (χ1n) is 5.88. The minimum absolute atomic E-state index is 0.217. The molecule has 0 radical (unpaired) electrons. The molecule has 1 heterocycles. The van der Waals surface area contributed by atoms with Crippen LogP contribution in [0.4, 0.5) is 4.79 Å². The normalized spacial score (nSPS) is 23.7. The van der Waals surface area contributed by atoms with Crippen LogP contribution >= 0.6 is 0 Å². The topological polar surface area (TPSA) is 66.5 Å². The summed E-state index contributed by atoms with van der Waals surface area (Å²) in [4.78, 5) is 36.5. The molecule has 1 N–H and O–H groups in total. The first kappa shape index (κ1) is 13.7. The number of hydrogen-bond acceptors (Lipinski definition) is 3. The maximum absolute atomic E-state index is 12.1. The molecule has 0 bridgehead atoms. The molecule has 0 aromatic rings. The number of nitrogens with one attached hydrogen (secondary N) is 1. The number of imide groups is 2. The van der Waals surface area contributed by atoms with E-state index in [1.807, 2.05) is 27.7 Å². The van der Waals surface area contributed by atoms with Gasteiger partial charge >= 0.3 is 6.03 Å². The van der Waals surface area contributed by atoms with Gasteiger partial charge in [0.2, 0.25) is 11.8 Å². The van der Waals surface area contributed by atoms with Crippen molar-refractivity contribution in [2.24, 2.45) is 11.3 Å². The van der Waals surface area contributed by atoms with Crippen molar-refractivity contribution < 1.29 is 14.4 Å². The number of rotatable bonds is 2. The Morgan fingerprint density at radius 2 is 1.82 bits per heavy atom. The Balaban J connectivity index is 3.03. The number of urea groups is 1. The van der Waals surface area contributed by atoms with E-state index in [4.69, 9.17) is 0 Å². The van der Waals surface area contributed by atoms with E-state index in [9.17, 15) is 14.4 Å². The summed E-state index contributed by atoms with van der Waals surface area (Å²) in [5, 5.41) is 2.24. The molecule has 1 fully saturated rings. The molecule has 4 amide bonds. The van der Waals surface area contributed by atoms with Crippen LogP contribution in [0.25, 0.3) is 0 Å². The Hall–Kier alpha value is -1.39.